The summed E-state index contributed by atoms with van der Waals surface area (Å²) in [6.07, 6.45) is 4.15. The normalized spacial score (nSPS) is 15.0. The van der Waals surface area contributed by atoms with E-state index < -0.39 is 0 Å². The van der Waals surface area contributed by atoms with Crippen LogP contribution in [0, 0.1) is 6.92 Å². The van der Waals surface area contributed by atoms with Gasteiger partial charge in [0, 0.05) is 23.2 Å². The van der Waals surface area contributed by atoms with Gasteiger partial charge in [-0.25, -0.2) is 0 Å². The van der Waals surface area contributed by atoms with Crippen LogP contribution in [0.4, 0.5) is 5.69 Å². The number of thioether (sulfide) groups is 1. The average Bonchev–Trinajstić information content (AvgIpc) is 3.36. The molecular formula is C18H21ClN4OS. The van der Waals surface area contributed by atoms with E-state index in [0.29, 0.717) is 17.5 Å². The number of benzene rings is 1. The van der Waals surface area contributed by atoms with E-state index in [1.165, 1.54) is 11.8 Å². The molecule has 1 aliphatic rings. The molecule has 132 valence electrons. The summed E-state index contributed by atoms with van der Waals surface area (Å²) >= 11 is 7.52. The SMILES string of the molecule is C=CCn1c(SC(C)C(=O)Nc2cccc(Cl)c2C)nnc1C1CC1. The number of hydrogen-bond donors (Lipinski definition) is 1. The largest absolute Gasteiger partial charge is 0.325 e. The van der Waals surface area contributed by atoms with Crippen LogP contribution in [0.15, 0.2) is 36.0 Å². The van der Waals surface area contributed by atoms with Gasteiger partial charge in [0.2, 0.25) is 5.91 Å². The Balaban J connectivity index is 1.71. The van der Waals surface area contributed by atoms with Gasteiger partial charge in [0.25, 0.3) is 0 Å². The fourth-order valence-corrected chi connectivity index (χ4v) is 3.56. The van der Waals surface area contributed by atoms with Gasteiger partial charge in [0.05, 0.1) is 5.25 Å². The Bertz CT molecular complexity index is 800. The first-order valence-electron chi connectivity index (χ1n) is 8.28. The fraction of sp³-hybridized carbons (Fsp3) is 0.389. The van der Waals surface area contributed by atoms with Crippen molar-refractivity contribution in [2.45, 2.75) is 49.6 Å². The van der Waals surface area contributed by atoms with Crippen molar-refractivity contribution < 1.29 is 4.79 Å². The molecule has 0 spiro atoms. The quantitative estimate of drug-likeness (QED) is 0.574. The van der Waals surface area contributed by atoms with E-state index in [1.54, 1.807) is 0 Å². The number of nitrogens with zero attached hydrogens (tertiary/aromatic N) is 3. The summed E-state index contributed by atoms with van der Waals surface area (Å²) in [5.41, 5.74) is 1.59. The Morgan fingerprint density at radius 3 is 2.96 bits per heavy atom. The van der Waals surface area contributed by atoms with Gasteiger partial charge in [-0.15, -0.1) is 16.8 Å². The minimum atomic E-state index is -0.307. The molecule has 1 aliphatic carbocycles. The van der Waals surface area contributed by atoms with Crippen molar-refractivity contribution in [2.24, 2.45) is 0 Å². The van der Waals surface area contributed by atoms with E-state index in [2.05, 4.69) is 26.7 Å². The Labute approximate surface area is 156 Å². The van der Waals surface area contributed by atoms with Gasteiger partial charge < -0.3 is 9.88 Å². The summed E-state index contributed by atoms with van der Waals surface area (Å²) in [4.78, 5) is 12.5. The van der Waals surface area contributed by atoms with E-state index in [9.17, 15) is 4.79 Å². The van der Waals surface area contributed by atoms with E-state index in [4.69, 9.17) is 11.6 Å². The zero-order valence-corrected chi connectivity index (χ0v) is 15.9. The highest BCUT2D eigenvalue weighted by molar-refractivity contribution is 8.00. The number of carbonyl (C=O) groups is 1. The molecule has 1 aromatic carbocycles. The van der Waals surface area contributed by atoms with Crippen molar-refractivity contribution in [2.75, 3.05) is 5.32 Å². The number of anilines is 1. The van der Waals surface area contributed by atoms with Gasteiger partial charge >= 0.3 is 0 Å². The van der Waals surface area contributed by atoms with Crippen LogP contribution in [0.5, 0.6) is 0 Å². The van der Waals surface area contributed by atoms with Crippen LogP contribution < -0.4 is 5.32 Å². The van der Waals surface area contributed by atoms with Gasteiger partial charge in [-0.2, -0.15) is 0 Å². The molecule has 3 rings (SSSR count). The molecule has 5 nitrogen and oxygen atoms in total. The lowest BCUT2D eigenvalue weighted by molar-refractivity contribution is -0.115. The molecule has 0 bridgehead atoms. The predicted octanol–water partition coefficient (Wildman–Crippen LogP) is 4.42. The standard InChI is InChI=1S/C18H21ClN4OS/c1-4-10-23-16(13-8-9-13)21-22-18(23)25-12(3)17(24)20-15-7-5-6-14(19)11(15)2/h4-7,12-13H,1,8-10H2,2-3H3,(H,20,24). The molecule has 1 saturated carbocycles. The molecule has 1 unspecified atom stereocenters. The molecule has 0 saturated heterocycles. The van der Waals surface area contributed by atoms with E-state index in [-0.39, 0.29) is 11.2 Å². The Morgan fingerprint density at radius 1 is 1.52 bits per heavy atom. The summed E-state index contributed by atoms with van der Waals surface area (Å²) < 4.78 is 2.06. The highest BCUT2D eigenvalue weighted by atomic mass is 35.5. The Hall–Kier alpha value is -1.79. The fourth-order valence-electron chi connectivity index (χ4n) is 2.52. The van der Waals surface area contributed by atoms with Crippen molar-refractivity contribution in [1.29, 1.82) is 0 Å². The summed E-state index contributed by atoms with van der Waals surface area (Å²) in [5.74, 6) is 1.41. The first-order chi connectivity index (χ1) is 12.0. The van der Waals surface area contributed by atoms with Crippen LogP contribution in [0.3, 0.4) is 0 Å². The molecule has 2 aromatic rings. The van der Waals surface area contributed by atoms with Crippen molar-refractivity contribution in [3.8, 4) is 0 Å². The van der Waals surface area contributed by atoms with E-state index in [1.807, 2.05) is 38.1 Å². The average molecular weight is 377 g/mol. The number of nitrogens with one attached hydrogen (secondary N) is 1. The molecule has 7 heteroatoms. The number of carbonyl (C=O) groups excluding carboxylic acids is 1. The zero-order chi connectivity index (χ0) is 18.0. The van der Waals surface area contributed by atoms with Gasteiger partial charge in [-0.3, -0.25) is 4.79 Å². The molecular weight excluding hydrogens is 356 g/mol. The first kappa shape index (κ1) is 18.0. The topological polar surface area (TPSA) is 59.8 Å². The third-order valence-electron chi connectivity index (χ3n) is 4.18. The molecule has 1 heterocycles. The van der Waals surface area contributed by atoms with E-state index in [0.717, 1.165) is 35.1 Å². The van der Waals surface area contributed by atoms with Crippen LogP contribution in [0.25, 0.3) is 0 Å². The monoisotopic (exact) mass is 376 g/mol. The smallest absolute Gasteiger partial charge is 0.237 e. The van der Waals surface area contributed by atoms with E-state index >= 15 is 0 Å². The van der Waals surface area contributed by atoms with Crippen LogP contribution in [0.1, 0.15) is 37.1 Å². The van der Waals surface area contributed by atoms with Crippen molar-refractivity contribution in [1.82, 2.24) is 14.8 Å². The van der Waals surface area contributed by atoms with Gasteiger partial charge in [-0.1, -0.05) is 35.5 Å². The van der Waals surface area contributed by atoms with Gasteiger partial charge in [0.15, 0.2) is 5.16 Å². The number of amides is 1. The first-order valence-corrected chi connectivity index (χ1v) is 9.53. The molecule has 1 N–H and O–H groups in total. The van der Waals surface area contributed by atoms with Crippen molar-refractivity contribution >= 4 is 35.0 Å². The Kier molecular flexibility index (Phi) is 5.49. The second-order valence-corrected chi connectivity index (χ2v) is 7.89. The number of rotatable bonds is 7. The van der Waals surface area contributed by atoms with Crippen LogP contribution in [0.2, 0.25) is 5.02 Å². The molecule has 25 heavy (non-hydrogen) atoms. The molecule has 0 radical (unpaired) electrons. The summed E-state index contributed by atoms with van der Waals surface area (Å²) in [7, 11) is 0. The number of allylic oxidation sites excluding steroid dienone is 1. The Morgan fingerprint density at radius 2 is 2.28 bits per heavy atom. The maximum absolute atomic E-state index is 12.5. The summed E-state index contributed by atoms with van der Waals surface area (Å²) in [5, 5.41) is 12.6. The third-order valence-corrected chi connectivity index (χ3v) is 5.67. The minimum absolute atomic E-state index is 0.0866. The third kappa shape index (κ3) is 4.07. The summed E-state index contributed by atoms with van der Waals surface area (Å²) in [6.45, 7) is 8.22. The van der Waals surface area contributed by atoms with Crippen LogP contribution in [-0.4, -0.2) is 25.9 Å². The maximum Gasteiger partial charge on any atom is 0.237 e. The summed E-state index contributed by atoms with van der Waals surface area (Å²) in [6, 6.07) is 5.48. The molecule has 0 aliphatic heterocycles. The van der Waals surface area contributed by atoms with Crippen molar-refractivity contribution in [3.05, 3.63) is 47.3 Å². The molecule has 1 aromatic heterocycles. The van der Waals surface area contributed by atoms with Crippen LogP contribution in [-0.2, 0) is 11.3 Å². The highest BCUT2D eigenvalue weighted by Gasteiger charge is 2.31. The molecule has 1 fully saturated rings. The number of hydrogen-bond acceptors (Lipinski definition) is 4. The lowest BCUT2D eigenvalue weighted by Gasteiger charge is -2.14. The number of halogens is 1. The number of aromatic nitrogens is 3. The molecule has 1 amide bonds. The second-order valence-electron chi connectivity index (χ2n) is 6.18. The second kappa shape index (κ2) is 7.62. The predicted molar refractivity (Wildman–Crippen MR) is 102 cm³/mol. The highest BCUT2D eigenvalue weighted by Crippen LogP contribution is 2.40. The zero-order valence-electron chi connectivity index (χ0n) is 14.3. The maximum atomic E-state index is 12.5. The van der Waals surface area contributed by atoms with Crippen LogP contribution >= 0.6 is 23.4 Å². The lowest BCUT2D eigenvalue weighted by atomic mass is 10.2. The lowest BCUT2D eigenvalue weighted by Crippen LogP contribution is -2.23. The minimum Gasteiger partial charge on any atom is -0.325 e. The van der Waals surface area contributed by atoms with Gasteiger partial charge in [-0.05, 0) is 44.4 Å². The van der Waals surface area contributed by atoms with Crippen molar-refractivity contribution in [3.63, 3.8) is 0 Å². The van der Waals surface area contributed by atoms with Gasteiger partial charge in [0.1, 0.15) is 5.82 Å². The molecule has 1 atom stereocenters.